The second-order valence-corrected chi connectivity index (χ2v) is 5.18. The maximum absolute atomic E-state index is 12.8. The van der Waals surface area contributed by atoms with E-state index in [1.54, 1.807) is 0 Å². The predicted octanol–water partition coefficient (Wildman–Crippen LogP) is 4.12. The van der Waals surface area contributed by atoms with Crippen LogP contribution in [0.2, 0.25) is 0 Å². The lowest BCUT2D eigenvalue weighted by molar-refractivity contribution is 0.0665. The Hall–Kier alpha value is -0.160. The van der Waals surface area contributed by atoms with Crippen molar-refractivity contribution in [2.45, 2.75) is 25.4 Å². The van der Waals surface area contributed by atoms with Gasteiger partial charge < -0.3 is 4.74 Å². The maximum Gasteiger partial charge on any atom is 0.123 e. The summed E-state index contributed by atoms with van der Waals surface area (Å²) in [5.41, 5.74) is 1.08. The molecule has 1 aliphatic rings. The van der Waals surface area contributed by atoms with E-state index in [-0.39, 0.29) is 11.9 Å². The summed E-state index contributed by atoms with van der Waals surface area (Å²) in [5.74, 6) is 0.719. The fourth-order valence-electron chi connectivity index (χ4n) is 1.69. The summed E-state index contributed by atoms with van der Waals surface area (Å²) < 4.78 is 19.5. The summed E-state index contributed by atoms with van der Waals surface area (Å²) in [4.78, 5) is 0. The molecular formula is C13H16FIO. The van der Waals surface area contributed by atoms with Crippen LogP contribution in [0.15, 0.2) is 24.3 Å². The van der Waals surface area contributed by atoms with Crippen molar-refractivity contribution in [1.82, 2.24) is 0 Å². The first kappa shape index (κ1) is 12.3. The van der Waals surface area contributed by atoms with Crippen molar-refractivity contribution in [3.63, 3.8) is 0 Å². The molecule has 0 aliphatic heterocycles. The molecule has 0 heterocycles. The Bertz CT molecular complexity index is 321. The Labute approximate surface area is 110 Å². The van der Waals surface area contributed by atoms with Gasteiger partial charge in [-0.15, -0.1) is 0 Å². The molecule has 0 spiro atoms. The van der Waals surface area contributed by atoms with Crippen molar-refractivity contribution < 1.29 is 9.13 Å². The van der Waals surface area contributed by atoms with Gasteiger partial charge >= 0.3 is 0 Å². The highest BCUT2D eigenvalue weighted by Gasteiger charge is 2.21. The fraction of sp³-hybridized carbons (Fsp3) is 0.538. The Balaban J connectivity index is 1.84. The average Bonchev–Trinajstić information content (AvgIpc) is 3.10. The Kier molecular flexibility index (Phi) is 4.58. The Morgan fingerprint density at radius 1 is 1.31 bits per heavy atom. The topological polar surface area (TPSA) is 9.23 Å². The van der Waals surface area contributed by atoms with Crippen LogP contribution in [0.3, 0.4) is 0 Å². The van der Waals surface area contributed by atoms with E-state index in [1.807, 2.05) is 12.1 Å². The van der Waals surface area contributed by atoms with Gasteiger partial charge in [-0.3, -0.25) is 0 Å². The monoisotopic (exact) mass is 334 g/mol. The van der Waals surface area contributed by atoms with Gasteiger partial charge in [0.1, 0.15) is 5.82 Å². The number of alkyl halides is 1. The first-order valence-corrected chi connectivity index (χ1v) is 7.25. The lowest BCUT2D eigenvalue weighted by atomic mass is 10.1. The second kappa shape index (κ2) is 5.96. The van der Waals surface area contributed by atoms with Crippen molar-refractivity contribution in [3.05, 3.63) is 35.6 Å². The zero-order valence-corrected chi connectivity index (χ0v) is 11.3. The smallest absolute Gasteiger partial charge is 0.123 e. The molecule has 1 unspecified atom stereocenters. The standard InChI is InChI=1S/C13H16FIO/c14-12-5-3-11(4-6-12)13(9-15)16-8-7-10-1-2-10/h3-6,10,13H,1-2,7-9H2. The Morgan fingerprint density at radius 2 is 2.00 bits per heavy atom. The first-order valence-electron chi connectivity index (χ1n) is 5.72. The van der Waals surface area contributed by atoms with Crippen LogP contribution in [0.5, 0.6) is 0 Å². The number of ether oxygens (including phenoxy) is 1. The van der Waals surface area contributed by atoms with Crippen molar-refractivity contribution in [3.8, 4) is 0 Å². The third-order valence-corrected chi connectivity index (χ3v) is 3.72. The molecule has 1 aromatic carbocycles. The summed E-state index contributed by atoms with van der Waals surface area (Å²) in [6.07, 6.45) is 4.03. The molecule has 0 amide bonds. The highest BCUT2D eigenvalue weighted by atomic mass is 127. The van der Waals surface area contributed by atoms with Crippen LogP contribution in [0.25, 0.3) is 0 Å². The van der Waals surface area contributed by atoms with Crippen LogP contribution in [-0.4, -0.2) is 11.0 Å². The predicted molar refractivity (Wildman–Crippen MR) is 71.3 cm³/mol. The van der Waals surface area contributed by atoms with Gasteiger partial charge in [0.05, 0.1) is 6.10 Å². The van der Waals surface area contributed by atoms with Crippen LogP contribution in [0.1, 0.15) is 30.9 Å². The molecule has 0 radical (unpaired) electrons. The van der Waals surface area contributed by atoms with Gasteiger partial charge in [0, 0.05) is 11.0 Å². The van der Waals surface area contributed by atoms with E-state index < -0.39 is 0 Å². The number of hydrogen-bond acceptors (Lipinski definition) is 1. The van der Waals surface area contributed by atoms with Gasteiger partial charge in [-0.1, -0.05) is 47.6 Å². The van der Waals surface area contributed by atoms with E-state index in [0.717, 1.165) is 22.5 Å². The molecule has 1 atom stereocenters. The van der Waals surface area contributed by atoms with Gasteiger partial charge in [-0.25, -0.2) is 4.39 Å². The fourth-order valence-corrected chi connectivity index (χ4v) is 2.45. The van der Waals surface area contributed by atoms with Crippen LogP contribution < -0.4 is 0 Å². The molecule has 0 bridgehead atoms. The molecule has 1 nitrogen and oxygen atoms in total. The normalized spacial score (nSPS) is 17.4. The van der Waals surface area contributed by atoms with E-state index in [0.29, 0.717) is 0 Å². The highest BCUT2D eigenvalue weighted by molar-refractivity contribution is 14.1. The summed E-state index contributed by atoms with van der Waals surface area (Å²) in [6.45, 7) is 0.829. The summed E-state index contributed by atoms with van der Waals surface area (Å²) >= 11 is 2.32. The Morgan fingerprint density at radius 3 is 2.56 bits per heavy atom. The number of rotatable bonds is 6. The minimum absolute atomic E-state index is 0.111. The van der Waals surface area contributed by atoms with Gasteiger partial charge in [-0.2, -0.15) is 0 Å². The third-order valence-electron chi connectivity index (χ3n) is 2.92. The quantitative estimate of drug-likeness (QED) is 0.562. The van der Waals surface area contributed by atoms with Crippen LogP contribution in [-0.2, 0) is 4.74 Å². The molecular weight excluding hydrogens is 318 g/mol. The van der Waals surface area contributed by atoms with E-state index in [2.05, 4.69) is 22.6 Å². The molecule has 88 valence electrons. The molecule has 0 N–H and O–H groups in total. The van der Waals surface area contributed by atoms with E-state index in [1.165, 1.54) is 31.4 Å². The van der Waals surface area contributed by atoms with Crippen molar-refractivity contribution in [2.24, 2.45) is 5.92 Å². The van der Waals surface area contributed by atoms with Crippen molar-refractivity contribution >= 4 is 22.6 Å². The third kappa shape index (κ3) is 3.70. The molecule has 1 fully saturated rings. The molecule has 0 saturated heterocycles. The number of halogens is 2. The highest BCUT2D eigenvalue weighted by Crippen LogP contribution is 2.33. The van der Waals surface area contributed by atoms with E-state index in [9.17, 15) is 4.39 Å². The summed E-state index contributed by atoms with van der Waals surface area (Å²) in [7, 11) is 0. The molecule has 3 heteroatoms. The van der Waals surface area contributed by atoms with Crippen LogP contribution in [0.4, 0.5) is 4.39 Å². The maximum atomic E-state index is 12.8. The second-order valence-electron chi connectivity index (χ2n) is 4.30. The zero-order chi connectivity index (χ0) is 11.4. The van der Waals surface area contributed by atoms with Crippen molar-refractivity contribution in [2.75, 3.05) is 11.0 Å². The van der Waals surface area contributed by atoms with Gasteiger partial charge in [-0.05, 0) is 30.0 Å². The van der Waals surface area contributed by atoms with Gasteiger partial charge in [0.15, 0.2) is 0 Å². The van der Waals surface area contributed by atoms with Gasteiger partial charge in [0.25, 0.3) is 0 Å². The summed E-state index contributed by atoms with van der Waals surface area (Å²) in [6, 6.07) is 6.63. The van der Waals surface area contributed by atoms with Crippen molar-refractivity contribution in [1.29, 1.82) is 0 Å². The molecule has 2 rings (SSSR count). The average molecular weight is 334 g/mol. The van der Waals surface area contributed by atoms with E-state index in [4.69, 9.17) is 4.74 Å². The molecule has 1 saturated carbocycles. The summed E-state index contributed by atoms with van der Waals surface area (Å²) in [5, 5.41) is 0. The van der Waals surface area contributed by atoms with Crippen LogP contribution >= 0.6 is 22.6 Å². The minimum atomic E-state index is -0.186. The zero-order valence-electron chi connectivity index (χ0n) is 9.16. The molecule has 1 aromatic rings. The number of benzene rings is 1. The first-order chi connectivity index (χ1) is 7.79. The minimum Gasteiger partial charge on any atom is -0.373 e. The SMILES string of the molecule is Fc1ccc(C(CI)OCCC2CC2)cc1. The lowest BCUT2D eigenvalue weighted by Crippen LogP contribution is -2.07. The largest absolute Gasteiger partial charge is 0.373 e. The lowest BCUT2D eigenvalue weighted by Gasteiger charge is -2.15. The van der Waals surface area contributed by atoms with E-state index >= 15 is 0 Å². The molecule has 1 aliphatic carbocycles. The molecule has 0 aromatic heterocycles. The van der Waals surface area contributed by atoms with Gasteiger partial charge in [0.2, 0.25) is 0 Å². The van der Waals surface area contributed by atoms with Crippen LogP contribution in [0, 0.1) is 11.7 Å². The number of hydrogen-bond donors (Lipinski definition) is 0. The molecule has 16 heavy (non-hydrogen) atoms.